The molecule has 18 heavy (non-hydrogen) atoms. The molecule has 4 N–H and O–H groups in total. The van der Waals surface area contributed by atoms with E-state index in [1.165, 1.54) is 18.5 Å². The van der Waals surface area contributed by atoms with Gasteiger partial charge in [-0.3, -0.25) is 0 Å². The number of carbonyl (C=O) groups is 1. The number of aromatic nitrogens is 2. The summed E-state index contributed by atoms with van der Waals surface area (Å²) >= 11 is 0. The number of anilines is 2. The molecule has 0 radical (unpaired) electrons. The summed E-state index contributed by atoms with van der Waals surface area (Å²) < 4.78 is 4.84. The zero-order valence-electron chi connectivity index (χ0n) is 9.46. The smallest absolute Gasteiger partial charge is 0.335 e. The number of nitrogen functional groups attached to an aromatic ring is 1. The standard InChI is InChI=1S/C11H12N4O3/c12-8-5-7(11(16)17)1-2-9(8)13-4-3-10-14-6-15-18-10/h1-2,5-6,13H,3-4,12H2,(H,16,17). The molecule has 7 heteroatoms. The highest BCUT2D eigenvalue weighted by Crippen LogP contribution is 2.19. The molecule has 0 aliphatic carbocycles. The van der Waals surface area contributed by atoms with E-state index >= 15 is 0 Å². The summed E-state index contributed by atoms with van der Waals surface area (Å²) in [7, 11) is 0. The third kappa shape index (κ3) is 2.76. The number of aromatic carboxylic acids is 1. The van der Waals surface area contributed by atoms with E-state index in [0.717, 1.165) is 0 Å². The van der Waals surface area contributed by atoms with Gasteiger partial charge in [0, 0.05) is 13.0 Å². The van der Waals surface area contributed by atoms with Crippen molar-refractivity contribution in [3.63, 3.8) is 0 Å². The van der Waals surface area contributed by atoms with Crippen LogP contribution in [0, 0.1) is 0 Å². The zero-order chi connectivity index (χ0) is 13.0. The van der Waals surface area contributed by atoms with E-state index < -0.39 is 5.97 Å². The molecular formula is C11H12N4O3. The number of rotatable bonds is 5. The number of hydrogen-bond acceptors (Lipinski definition) is 6. The Morgan fingerprint density at radius 1 is 1.50 bits per heavy atom. The minimum Gasteiger partial charge on any atom is -0.478 e. The van der Waals surface area contributed by atoms with Crippen molar-refractivity contribution in [1.29, 1.82) is 0 Å². The fourth-order valence-electron chi connectivity index (χ4n) is 1.47. The molecule has 0 spiro atoms. The highest BCUT2D eigenvalue weighted by Gasteiger charge is 2.06. The lowest BCUT2D eigenvalue weighted by Crippen LogP contribution is -2.08. The van der Waals surface area contributed by atoms with Gasteiger partial charge in [-0.05, 0) is 18.2 Å². The van der Waals surface area contributed by atoms with Crippen LogP contribution in [0.25, 0.3) is 0 Å². The topological polar surface area (TPSA) is 114 Å². The Hall–Kier alpha value is -2.57. The second-order valence-corrected chi connectivity index (χ2v) is 3.62. The first-order valence-corrected chi connectivity index (χ1v) is 5.29. The number of nitrogens with one attached hydrogen (secondary N) is 1. The Balaban J connectivity index is 1.95. The molecule has 7 nitrogen and oxygen atoms in total. The lowest BCUT2D eigenvalue weighted by atomic mass is 10.1. The van der Waals surface area contributed by atoms with Crippen LogP contribution < -0.4 is 11.1 Å². The van der Waals surface area contributed by atoms with Crippen molar-refractivity contribution >= 4 is 17.3 Å². The van der Waals surface area contributed by atoms with Crippen LogP contribution in [-0.4, -0.2) is 27.8 Å². The van der Waals surface area contributed by atoms with Crippen LogP contribution >= 0.6 is 0 Å². The molecule has 0 aliphatic heterocycles. The quantitative estimate of drug-likeness (QED) is 0.676. The Labute approximate surface area is 103 Å². The lowest BCUT2D eigenvalue weighted by Gasteiger charge is -2.08. The summed E-state index contributed by atoms with van der Waals surface area (Å²) in [4.78, 5) is 14.6. The average Bonchev–Trinajstić information content (AvgIpc) is 2.84. The van der Waals surface area contributed by atoms with Crippen LogP contribution in [0.3, 0.4) is 0 Å². The van der Waals surface area contributed by atoms with Gasteiger partial charge >= 0.3 is 5.97 Å². The van der Waals surface area contributed by atoms with Gasteiger partial charge in [0.1, 0.15) is 0 Å². The third-order valence-corrected chi connectivity index (χ3v) is 2.36. The van der Waals surface area contributed by atoms with Gasteiger partial charge in [0.2, 0.25) is 5.89 Å². The van der Waals surface area contributed by atoms with Crippen molar-refractivity contribution in [1.82, 2.24) is 10.1 Å². The number of hydrogen-bond donors (Lipinski definition) is 3. The van der Waals surface area contributed by atoms with Crippen molar-refractivity contribution in [2.24, 2.45) is 0 Å². The minimum absolute atomic E-state index is 0.162. The van der Waals surface area contributed by atoms with Crippen molar-refractivity contribution < 1.29 is 14.4 Å². The Morgan fingerprint density at radius 3 is 2.94 bits per heavy atom. The van der Waals surface area contributed by atoms with Crippen LogP contribution in [0.5, 0.6) is 0 Å². The SMILES string of the molecule is Nc1cc(C(=O)O)ccc1NCCc1ncno1. The first-order valence-electron chi connectivity index (χ1n) is 5.29. The Morgan fingerprint density at radius 2 is 2.33 bits per heavy atom. The van der Waals surface area contributed by atoms with E-state index in [9.17, 15) is 4.79 Å². The molecule has 1 aromatic carbocycles. The van der Waals surface area contributed by atoms with Gasteiger partial charge in [-0.15, -0.1) is 0 Å². The van der Waals surface area contributed by atoms with Gasteiger partial charge in [-0.25, -0.2) is 4.79 Å². The maximum atomic E-state index is 10.7. The first kappa shape index (κ1) is 11.9. The van der Waals surface area contributed by atoms with Crippen LogP contribution in [-0.2, 0) is 6.42 Å². The first-order chi connectivity index (χ1) is 8.66. The predicted octanol–water partition coefficient (Wildman–Crippen LogP) is 1.00. The molecule has 1 heterocycles. The predicted molar refractivity (Wildman–Crippen MR) is 64.3 cm³/mol. The van der Waals surface area contributed by atoms with E-state index in [-0.39, 0.29) is 5.56 Å². The maximum absolute atomic E-state index is 10.7. The zero-order valence-corrected chi connectivity index (χ0v) is 9.46. The van der Waals surface area contributed by atoms with Gasteiger partial charge in [-0.1, -0.05) is 5.16 Å². The monoisotopic (exact) mass is 248 g/mol. The summed E-state index contributed by atoms with van der Waals surface area (Å²) in [5, 5.41) is 15.4. The molecule has 0 unspecified atom stereocenters. The molecule has 0 bridgehead atoms. The van der Waals surface area contributed by atoms with E-state index in [4.69, 9.17) is 15.4 Å². The van der Waals surface area contributed by atoms with Crippen LogP contribution in [0.1, 0.15) is 16.2 Å². The number of benzene rings is 1. The highest BCUT2D eigenvalue weighted by molar-refractivity contribution is 5.90. The second-order valence-electron chi connectivity index (χ2n) is 3.62. The second kappa shape index (κ2) is 5.17. The van der Waals surface area contributed by atoms with Gasteiger partial charge in [0.15, 0.2) is 6.33 Å². The molecule has 0 saturated carbocycles. The number of carboxylic acid groups (broad SMARTS) is 1. The van der Waals surface area contributed by atoms with E-state index in [2.05, 4.69) is 15.5 Å². The molecule has 0 atom stereocenters. The Kier molecular flexibility index (Phi) is 3.42. The molecular weight excluding hydrogens is 236 g/mol. The van der Waals surface area contributed by atoms with Crippen LogP contribution in [0.4, 0.5) is 11.4 Å². The van der Waals surface area contributed by atoms with Crippen LogP contribution in [0.15, 0.2) is 29.0 Å². The van der Waals surface area contributed by atoms with Crippen molar-refractivity contribution in [3.05, 3.63) is 36.0 Å². The van der Waals surface area contributed by atoms with Gasteiger partial charge < -0.3 is 20.7 Å². The van der Waals surface area contributed by atoms with Crippen LogP contribution in [0.2, 0.25) is 0 Å². The van der Waals surface area contributed by atoms with Gasteiger partial charge in [0.05, 0.1) is 16.9 Å². The minimum atomic E-state index is -1.00. The summed E-state index contributed by atoms with van der Waals surface area (Å²) in [6.45, 7) is 0.568. The highest BCUT2D eigenvalue weighted by atomic mass is 16.5. The Bertz CT molecular complexity index is 539. The van der Waals surface area contributed by atoms with E-state index in [0.29, 0.717) is 30.2 Å². The summed E-state index contributed by atoms with van der Waals surface area (Å²) in [6, 6.07) is 4.54. The molecule has 0 fully saturated rings. The molecule has 1 aromatic heterocycles. The molecule has 2 rings (SSSR count). The number of nitrogens with zero attached hydrogens (tertiary/aromatic N) is 2. The van der Waals surface area contributed by atoms with E-state index in [1.54, 1.807) is 6.07 Å². The van der Waals surface area contributed by atoms with E-state index in [1.807, 2.05) is 0 Å². The van der Waals surface area contributed by atoms with Crippen molar-refractivity contribution in [3.8, 4) is 0 Å². The fraction of sp³-hybridized carbons (Fsp3) is 0.182. The molecule has 0 amide bonds. The average molecular weight is 248 g/mol. The molecule has 0 saturated heterocycles. The maximum Gasteiger partial charge on any atom is 0.335 e. The lowest BCUT2D eigenvalue weighted by molar-refractivity contribution is 0.0697. The largest absolute Gasteiger partial charge is 0.478 e. The normalized spacial score (nSPS) is 10.2. The molecule has 2 aromatic rings. The van der Waals surface area contributed by atoms with Crippen molar-refractivity contribution in [2.45, 2.75) is 6.42 Å². The van der Waals surface area contributed by atoms with Gasteiger partial charge in [0.25, 0.3) is 0 Å². The summed E-state index contributed by atoms with van der Waals surface area (Å²) in [6.07, 6.45) is 1.91. The summed E-state index contributed by atoms with van der Waals surface area (Å²) in [5.41, 5.74) is 6.97. The molecule has 94 valence electrons. The van der Waals surface area contributed by atoms with Gasteiger partial charge in [-0.2, -0.15) is 4.98 Å². The van der Waals surface area contributed by atoms with Crippen molar-refractivity contribution in [2.75, 3.05) is 17.6 Å². The fourth-order valence-corrected chi connectivity index (χ4v) is 1.47. The third-order valence-electron chi connectivity index (χ3n) is 2.36. The number of nitrogens with two attached hydrogens (primary N) is 1. The number of carboxylic acids is 1. The summed E-state index contributed by atoms with van der Waals surface area (Å²) in [5.74, 6) is -0.470. The molecule has 0 aliphatic rings.